The highest BCUT2D eigenvalue weighted by molar-refractivity contribution is 6.32. The van der Waals surface area contributed by atoms with Gasteiger partial charge >= 0.3 is 0 Å². The fraction of sp³-hybridized carbons (Fsp3) is 0.154. The summed E-state index contributed by atoms with van der Waals surface area (Å²) in [6, 6.07) is 5.59. The number of hydrogen-bond donors (Lipinski definition) is 2. The standard InChI is InChI=1S/C13H12ClF2N3O/c1-17-12-9(15)6-10(16)13(19-12)18-7-3-4-11(20-2)8(14)5-7/h3-6H,1-2H3,(H2,17,18,19). The van der Waals surface area contributed by atoms with Gasteiger partial charge in [0, 0.05) is 18.8 Å². The summed E-state index contributed by atoms with van der Waals surface area (Å²) in [5, 5.41) is 5.64. The highest BCUT2D eigenvalue weighted by Gasteiger charge is 2.11. The Balaban J connectivity index is 2.32. The topological polar surface area (TPSA) is 46.2 Å². The Labute approximate surface area is 119 Å². The molecule has 0 saturated carbocycles. The molecule has 7 heteroatoms. The van der Waals surface area contributed by atoms with Gasteiger partial charge in [-0.15, -0.1) is 0 Å². The monoisotopic (exact) mass is 299 g/mol. The van der Waals surface area contributed by atoms with E-state index in [1.54, 1.807) is 18.2 Å². The molecule has 0 unspecified atom stereocenters. The number of rotatable bonds is 4. The van der Waals surface area contributed by atoms with Crippen molar-refractivity contribution < 1.29 is 13.5 Å². The highest BCUT2D eigenvalue weighted by atomic mass is 35.5. The Bertz CT molecular complexity index is 637. The number of halogens is 3. The van der Waals surface area contributed by atoms with E-state index in [0.717, 1.165) is 6.07 Å². The molecular weight excluding hydrogens is 288 g/mol. The Morgan fingerprint density at radius 2 is 1.85 bits per heavy atom. The number of nitrogens with zero attached hydrogens (tertiary/aromatic N) is 1. The van der Waals surface area contributed by atoms with E-state index in [-0.39, 0.29) is 11.6 Å². The number of nitrogens with one attached hydrogen (secondary N) is 2. The van der Waals surface area contributed by atoms with Gasteiger partial charge in [-0.1, -0.05) is 11.6 Å². The van der Waals surface area contributed by atoms with Crippen LogP contribution in [0, 0.1) is 11.6 Å². The molecule has 1 aromatic carbocycles. The molecule has 4 nitrogen and oxygen atoms in total. The third-order valence-electron chi connectivity index (χ3n) is 2.58. The van der Waals surface area contributed by atoms with Crippen LogP contribution < -0.4 is 15.4 Å². The van der Waals surface area contributed by atoms with Crippen LogP contribution in [0.15, 0.2) is 24.3 Å². The van der Waals surface area contributed by atoms with Crippen LogP contribution >= 0.6 is 11.6 Å². The first kappa shape index (κ1) is 14.3. The molecule has 2 aromatic rings. The predicted octanol–water partition coefficient (Wildman–Crippen LogP) is 3.81. The van der Waals surface area contributed by atoms with Crippen LogP contribution in [0.3, 0.4) is 0 Å². The molecule has 1 heterocycles. The van der Waals surface area contributed by atoms with Gasteiger partial charge in [0.25, 0.3) is 0 Å². The zero-order chi connectivity index (χ0) is 14.7. The third kappa shape index (κ3) is 2.91. The van der Waals surface area contributed by atoms with Gasteiger partial charge in [-0.3, -0.25) is 0 Å². The van der Waals surface area contributed by atoms with E-state index in [1.165, 1.54) is 14.2 Å². The summed E-state index contributed by atoms with van der Waals surface area (Å²) in [5.74, 6) is -1.21. The molecule has 1 aromatic heterocycles. The number of hydrogen-bond acceptors (Lipinski definition) is 4. The summed E-state index contributed by atoms with van der Waals surface area (Å²) >= 11 is 5.97. The maximum atomic E-state index is 13.6. The normalized spacial score (nSPS) is 10.2. The minimum atomic E-state index is -0.798. The fourth-order valence-corrected chi connectivity index (χ4v) is 1.87. The smallest absolute Gasteiger partial charge is 0.169 e. The van der Waals surface area contributed by atoms with Crippen molar-refractivity contribution in [3.05, 3.63) is 40.9 Å². The first-order valence-electron chi connectivity index (χ1n) is 5.69. The van der Waals surface area contributed by atoms with Crippen molar-refractivity contribution in [1.82, 2.24) is 4.98 Å². The SMILES string of the molecule is CNc1nc(Nc2ccc(OC)c(Cl)c2)c(F)cc1F. The van der Waals surface area contributed by atoms with Gasteiger partial charge in [0.1, 0.15) is 5.75 Å². The zero-order valence-electron chi connectivity index (χ0n) is 10.8. The van der Waals surface area contributed by atoms with Crippen molar-refractivity contribution in [2.45, 2.75) is 0 Å². The second-order valence-corrected chi connectivity index (χ2v) is 4.28. The van der Waals surface area contributed by atoms with Crippen LogP contribution in [0.5, 0.6) is 5.75 Å². The predicted molar refractivity (Wildman–Crippen MR) is 75.0 cm³/mol. The van der Waals surface area contributed by atoms with E-state index in [0.29, 0.717) is 16.5 Å². The van der Waals surface area contributed by atoms with Crippen molar-refractivity contribution in [2.75, 3.05) is 24.8 Å². The molecule has 0 amide bonds. The average molecular weight is 300 g/mol. The molecule has 0 atom stereocenters. The van der Waals surface area contributed by atoms with Crippen LogP contribution in [-0.4, -0.2) is 19.1 Å². The Morgan fingerprint density at radius 1 is 1.15 bits per heavy atom. The molecule has 0 bridgehead atoms. The van der Waals surface area contributed by atoms with Gasteiger partial charge < -0.3 is 15.4 Å². The third-order valence-corrected chi connectivity index (χ3v) is 2.88. The molecule has 2 N–H and O–H groups in total. The number of aromatic nitrogens is 1. The summed E-state index contributed by atoms with van der Waals surface area (Å²) in [5.41, 5.74) is 0.510. The van der Waals surface area contributed by atoms with Crippen molar-refractivity contribution >= 4 is 28.9 Å². The van der Waals surface area contributed by atoms with E-state index < -0.39 is 11.6 Å². The lowest BCUT2D eigenvalue weighted by Crippen LogP contribution is -2.03. The van der Waals surface area contributed by atoms with Gasteiger partial charge in [0.15, 0.2) is 23.3 Å². The zero-order valence-corrected chi connectivity index (χ0v) is 11.6. The molecule has 0 fully saturated rings. The molecule has 2 rings (SSSR count). The lowest BCUT2D eigenvalue weighted by atomic mass is 10.3. The number of pyridine rings is 1. The van der Waals surface area contributed by atoms with Gasteiger partial charge in [-0.05, 0) is 18.2 Å². The summed E-state index contributed by atoms with van der Waals surface area (Å²) in [6.07, 6.45) is 0. The van der Waals surface area contributed by atoms with Crippen LogP contribution in [0.25, 0.3) is 0 Å². The minimum absolute atomic E-state index is 0.0477. The maximum Gasteiger partial charge on any atom is 0.169 e. The summed E-state index contributed by atoms with van der Waals surface area (Å²) in [4.78, 5) is 3.81. The molecule has 20 heavy (non-hydrogen) atoms. The summed E-state index contributed by atoms with van der Waals surface area (Å²) in [7, 11) is 2.99. The Hall–Kier alpha value is -2.08. The molecule has 0 aliphatic rings. The van der Waals surface area contributed by atoms with E-state index >= 15 is 0 Å². The lowest BCUT2D eigenvalue weighted by molar-refractivity contribution is 0.415. The maximum absolute atomic E-state index is 13.6. The van der Waals surface area contributed by atoms with Gasteiger partial charge in [-0.25, -0.2) is 13.8 Å². The van der Waals surface area contributed by atoms with E-state index in [4.69, 9.17) is 16.3 Å². The number of benzene rings is 1. The molecule has 0 radical (unpaired) electrons. The van der Waals surface area contributed by atoms with E-state index in [1.807, 2.05) is 0 Å². The molecular formula is C13H12ClF2N3O. The summed E-state index contributed by atoms with van der Waals surface area (Å²) < 4.78 is 32.0. The van der Waals surface area contributed by atoms with E-state index in [9.17, 15) is 8.78 Å². The second kappa shape index (κ2) is 5.92. The number of anilines is 3. The Morgan fingerprint density at radius 3 is 2.45 bits per heavy atom. The molecule has 0 saturated heterocycles. The van der Waals surface area contributed by atoms with Gasteiger partial charge in [0.05, 0.1) is 12.1 Å². The summed E-state index contributed by atoms with van der Waals surface area (Å²) in [6.45, 7) is 0. The van der Waals surface area contributed by atoms with Crippen LogP contribution in [-0.2, 0) is 0 Å². The lowest BCUT2D eigenvalue weighted by Gasteiger charge is -2.11. The number of ether oxygens (including phenoxy) is 1. The van der Waals surface area contributed by atoms with Crippen LogP contribution in [0.1, 0.15) is 0 Å². The molecule has 106 valence electrons. The molecule has 0 spiro atoms. The first-order valence-corrected chi connectivity index (χ1v) is 6.07. The average Bonchev–Trinajstić information content (AvgIpc) is 2.42. The van der Waals surface area contributed by atoms with Crippen LogP contribution in [0.2, 0.25) is 5.02 Å². The second-order valence-electron chi connectivity index (χ2n) is 3.87. The van der Waals surface area contributed by atoms with Crippen molar-refractivity contribution in [1.29, 1.82) is 0 Å². The van der Waals surface area contributed by atoms with E-state index in [2.05, 4.69) is 15.6 Å². The van der Waals surface area contributed by atoms with Crippen LogP contribution in [0.4, 0.5) is 26.1 Å². The quantitative estimate of drug-likeness (QED) is 0.901. The first-order chi connectivity index (χ1) is 9.55. The Kier molecular flexibility index (Phi) is 4.24. The highest BCUT2D eigenvalue weighted by Crippen LogP contribution is 2.29. The van der Waals surface area contributed by atoms with Gasteiger partial charge in [0.2, 0.25) is 0 Å². The fourth-order valence-electron chi connectivity index (χ4n) is 1.61. The molecule has 0 aliphatic carbocycles. The van der Waals surface area contributed by atoms with Crippen molar-refractivity contribution in [2.24, 2.45) is 0 Å². The molecule has 0 aliphatic heterocycles. The number of methoxy groups -OCH3 is 1. The minimum Gasteiger partial charge on any atom is -0.495 e. The van der Waals surface area contributed by atoms with Gasteiger partial charge in [-0.2, -0.15) is 0 Å². The van der Waals surface area contributed by atoms with Crippen molar-refractivity contribution in [3.63, 3.8) is 0 Å². The largest absolute Gasteiger partial charge is 0.495 e. The van der Waals surface area contributed by atoms with Crippen molar-refractivity contribution in [3.8, 4) is 5.75 Å².